The average Bonchev–Trinajstić information content (AvgIpc) is 2.95. The molecule has 0 radical (unpaired) electrons. The van der Waals surface area contributed by atoms with Gasteiger partial charge < -0.3 is 19.7 Å². The number of allylic oxidation sites excluding steroid dienone is 1. The normalized spacial score (nSPS) is 45.4. The van der Waals surface area contributed by atoms with Crippen LogP contribution in [-0.2, 0) is 28.7 Å². The molecular weight excluding hydrogens is 508 g/mol. The number of Topliss-reactive ketones (excluding diaryl/α,β-unsaturated/α-hetero) is 1. The first kappa shape index (κ1) is 25.5. The highest BCUT2D eigenvalue weighted by Gasteiger charge is 2.76. The van der Waals surface area contributed by atoms with Crippen LogP contribution in [0.5, 0.6) is 0 Å². The second-order valence-electron chi connectivity index (χ2n) is 10.9. The van der Waals surface area contributed by atoms with Gasteiger partial charge in [0.1, 0.15) is 6.10 Å². The van der Waals surface area contributed by atoms with Crippen LogP contribution in [0.15, 0.2) is 11.6 Å². The molecule has 3 fully saturated rings. The molecule has 188 valence electrons. The number of hydrogen-bond acceptors (Lipinski definition) is 8. The molecule has 9 heteroatoms. The van der Waals surface area contributed by atoms with Gasteiger partial charge in [-0.25, -0.2) is 0 Å². The van der Waals surface area contributed by atoms with Crippen LogP contribution in [0.2, 0.25) is 0 Å². The molecule has 0 aromatic rings. The number of esters is 2. The van der Waals surface area contributed by atoms with Gasteiger partial charge >= 0.3 is 11.9 Å². The number of carbonyl (C=O) groups excluding carboxylic acids is 4. The molecular formula is C25H33BrO8. The summed E-state index contributed by atoms with van der Waals surface area (Å²) in [5, 5.41) is 23.6. The Balaban J connectivity index is 1.79. The second-order valence-corrected chi connectivity index (χ2v) is 12.2. The summed E-state index contributed by atoms with van der Waals surface area (Å²) in [6, 6.07) is 0. The van der Waals surface area contributed by atoms with Gasteiger partial charge in [0.15, 0.2) is 18.0 Å². The monoisotopic (exact) mass is 540 g/mol. The van der Waals surface area contributed by atoms with Crippen LogP contribution in [0, 0.1) is 22.7 Å². The third kappa shape index (κ3) is 3.29. The third-order valence-electron chi connectivity index (χ3n) is 9.38. The number of carbonyl (C=O) groups is 4. The fourth-order valence-electron chi connectivity index (χ4n) is 7.67. The van der Waals surface area contributed by atoms with Crippen molar-refractivity contribution in [2.24, 2.45) is 22.7 Å². The van der Waals surface area contributed by atoms with E-state index in [4.69, 9.17) is 9.47 Å². The highest BCUT2D eigenvalue weighted by atomic mass is 79.9. The SMILES string of the molecule is CC(=O)OCC(=O)[C@@]1(O)[C@H](OC(C)=O)C[C@H]2[C@@H]3CCC4=CC(=O)CC[C@]4(C)[C@@]3(Br)[C@@H](O)C[C@@]21C. The van der Waals surface area contributed by atoms with Gasteiger partial charge in [-0.2, -0.15) is 0 Å². The molecule has 0 saturated heterocycles. The van der Waals surface area contributed by atoms with Crippen molar-refractivity contribution in [1.82, 2.24) is 0 Å². The molecule has 0 amide bonds. The molecule has 0 aliphatic heterocycles. The largest absolute Gasteiger partial charge is 0.459 e. The zero-order valence-corrected chi connectivity index (χ0v) is 21.6. The van der Waals surface area contributed by atoms with E-state index in [9.17, 15) is 29.4 Å². The van der Waals surface area contributed by atoms with Crippen molar-refractivity contribution in [3.63, 3.8) is 0 Å². The van der Waals surface area contributed by atoms with Crippen LogP contribution < -0.4 is 0 Å². The van der Waals surface area contributed by atoms with Crippen LogP contribution in [0.4, 0.5) is 0 Å². The van der Waals surface area contributed by atoms with Gasteiger partial charge in [-0.1, -0.05) is 35.4 Å². The molecule has 4 rings (SSSR count). The molecule has 0 unspecified atom stereocenters. The Morgan fingerprint density at radius 2 is 1.82 bits per heavy atom. The van der Waals surface area contributed by atoms with Crippen LogP contribution in [-0.4, -0.2) is 62.5 Å². The lowest BCUT2D eigenvalue weighted by Crippen LogP contribution is -2.69. The van der Waals surface area contributed by atoms with E-state index >= 15 is 0 Å². The summed E-state index contributed by atoms with van der Waals surface area (Å²) in [6.45, 7) is 5.60. The first-order chi connectivity index (χ1) is 15.7. The highest BCUT2D eigenvalue weighted by Crippen LogP contribution is 2.71. The lowest BCUT2D eigenvalue weighted by molar-refractivity contribution is -0.196. The number of rotatable bonds is 4. The smallest absolute Gasteiger partial charge is 0.303 e. The maximum Gasteiger partial charge on any atom is 0.303 e. The van der Waals surface area contributed by atoms with Crippen LogP contribution >= 0.6 is 15.9 Å². The number of aliphatic hydroxyl groups excluding tert-OH is 1. The maximum absolute atomic E-state index is 13.3. The molecule has 8 atom stereocenters. The summed E-state index contributed by atoms with van der Waals surface area (Å²) < 4.78 is 9.65. The number of ether oxygens (including phenoxy) is 2. The number of alkyl halides is 1. The van der Waals surface area contributed by atoms with E-state index in [1.54, 1.807) is 13.0 Å². The molecule has 0 bridgehead atoms. The number of halogens is 1. The predicted octanol–water partition coefficient (Wildman–Crippen LogP) is 2.41. The highest BCUT2D eigenvalue weighted by molar-refractivity contribution is 9.10. The molecule has 0 spiro atoms. The Morgan fingerprint density at radius 1 is 1.15 bits per heavy atom. The van der Waals surface area contributed by atoms with Gasteiger partial charge in [0.25, 0.3) is 0 Å². The first-order valence-corrected chi connectivity index (χ1v) is 12.7. The molecule has 4 aliphatic carbocycles. The van der Waals surface area contributed by atoms with E-state index in [-0.39, 0.29) is 30.5 Å². The van der Waals surface area contributed by atoms with Gasteiger partial charge in [0, 0.05) is 31.1 Å². The molecule has 8 nitrogen and oxygen atoms in total. The summed E-state index contributed by atoms with van der Waals surface area (Å²) in [6.07, 6.45) is 2.31. The minimum atomic E-state index is -2.12. The molecule has 0 aromatic heterocycles. The van der Waals surface area contributed by atoms with Crippen molar-refractivity contribution in [3.8, 4) is 0 Å². The minimum absolute atomic E-state index is 0.0797. The first-order valence-electron chi connectivity index (χ1n) is 11.9. The Hall–Kier alpha value is -1.58. The van der Waals surface area contributed by atoms with Crippen LogP contribution in [0.25, 0.3) is 0 Å². The summed E-state index contributed by atoms with van der Waals surface area (Å²) in [5.41, 5.74) is -2.68. The molecule has 34 heavy (non-hydrogen) atoms. The van der Waals surface area contributed by atoms with Gasteiger partial charge in [0.2, 0.25) is 5.78 Å². The standard InChI is InChI=1S/C25H33BrO8/c1-13(27)33-12-20(31)25(32)21(34-14(2)28)10-18-17-6-5-15-9-16(29)7-8-22(15,3)24(17,26)19(30)11-23(18,25)4/h9,17-19,21,30,32H,5-8,10-12H2,1-4H3/t17-,18-,19-,21+,22-,23-,24-,25+/m0/s1. The fraction of sp³-hybridized carbons (Fsp3) is 0.760. The number of hydrogen-bond donors (Lipinski definition) is 2. The summed E-state index contributed by atoms with van der Waals surface area (Å²) >= 11 is 3.97. The van der Waals surface area contributed by atoms with Crippen molar-refractivity contribution in [1.29, 1.82) is 0 Å². The van der Waals surface area contributed by atoms with Crippen molar-refractivity contribution < 1.29 is 38.9 Å². The van der Waals surface area contributed by atoms with E-state index in [2.05, 4.69) is 22.9 Å². The quantitative estimate of drug-likeness (QED) is 0.411. The van der Waals surface area contributed by atoms with E-state index in [1.807, 2.05) is 0 Å². The minimum Gasteiger partial charge on any atom is -0.459 e. The Kier molecular flexibility index (Phi) is 6.18. The Labute approximate surface area is 207 Å². The van der Waals surface area contributed by atoms with Gasteiger partial charge in [-0.15, -0.1) is 0 Å². The lowest BCUT2D eigenvalue weighted by atomic mass is 9.45. The topological polar surface area (TPSA) is 127 Å². The van der Waals surface area contributed by atoms with Gasteiger partial charge in [0.05, 0.1) is 10.4 Å². The zero-order chi connectivity index (χ0) is 25.3. The predicted molar refractivity (Wildman–Crippen MR) is 124 cm³/mol. The maximum atomic E-state index is 13.3. The summed E-state index contributed by atoms with van der Waals surface area (Å²) in [5.74, 6) is -2.33. The van der Waals surface area contributed by atoms with Crippen molar-refractivity contribution in [2.75, 3.05) is 6.61 Å². The molecule has 4 aliphatic rings. The van der Waals surface area contributed by atoms with Crippen LogP contribution in [0.3, 0.4) is 0 Å². The summed E-state index contributed by atoms with van der Waals surface area (Å²) in [7, 11) is 0. The van der Waals surface area contributed by atoms with E-state index in [0.717, 1.165) is 5.57 Å². The fourth-order valence-corrected chi connectivity index (χ4v) is 8.83. The number of ketones is 2. The zero-order valence-electron chi connectivity index (χ0n) is 20.1. The summed E-state index contributed by atoms with van der Waals surface area (Å²) in [4.78, 5) is 48.8. The van der Waals surface area contributed by atoms with Crippen molar-refractivity contribution in [3.05, 3.63) is 11.6 Å². The van der Waals surface area contributed by atoms with Gasteiger partial charge in [-0.05, 0) is 50.0 Å². The second kappa shape index (κ2) is 8.23. The van der Waals surface area contributed by atoms with Crippen molar-refractivity contribution >= 4 is 39.4 Å². The van der Waals surface area contributed by atoms with Gasteiger partial charge in [-0.3, -0.25) is 19.2 Å². The van der Waals surface area contributed by atoms with Crippen molar-refractivity contribution in [2.45, 2.75) is 88.4 Å². The average molecular weight is 541 g/mol. The molecule has 0 heterocycles. The Bertz CT molecular complexity index is 976. The van der Waals surface area contributed by atoms with E-state index in [1.165, 1.54) is 13.8 Å². The number of aliphatic hydroxyl groups is 2. The third-order valence-corrected chi connectivity index (χ3v) is 11.4. The molecule has 0 aromatic carbocycles. The molecule has 2 N–H and O–H groups in total. The van der Waals surface area contributed by atoms with E-state index in [0.29, 0.717) is 25.7 Å². The molecule has 3 saturated carbocycles. The van der Waals surface area contributed by atoms with E-state index < -0.39 is 57.3 Å². The number of fused-ring (bicyclic) bond motifs is 5. The Morgan fingerprint density at radius 3 is 2.44 bits per heavy atom. The van der Waals surface area contributed by atoms with Crippen LogP contribution in [0.1, 0.15) is 66.2 Å². The lowest BCUT2D eigenvalue weighted by Gasteiger charge is -2.65.